The Balaban J connectivity index is 1.71. The highest BCUT2D eigenvalue weighted by Crippen LogP contribution is 2.30. The molecule has 1 aromatic heterocycles. The van der Waals surface area contributed by atoms with Crippen LogP contribution >= 0.6 is 0 Å². The van der Waals surface area contributed by atoms with E-state index in [1.165, 1.54) is 19.6 Å². The lowest BCUT2D eigenvalue weighted by atomic mass is 9.88. The van der Waals surface area contributed by atoms with Gasteiger partial charge in [0.25, 0.3) is 0 Å². The van der Waals surface area contributed by atoms with Crippen molar-refractivity contribution in [1.82, 2.24) is 15.2 Å². The molecule has 5 heteroatoms. The molecule has 17 heavy (non-hydrogen) atoms. The molecule has 0 saturated carbocycles. The number of nitrogens with zero attached hydrogens (tertiary/aromatic N) is 2. The van der Waals surface area contributed by atoms with Crippen molar-refractivity contribution >= 4 is 0 Å². The van der Waals surface area contributed by atoms with Gasteiger partial charge in [0.15, 0.2) is 5.82 Å². The van der Waals surface area contributed by atoms with E-state index < -0.39 is 0 Å². The molecule has 0 spiro atoms. The fraction of sp³-hybridized carbons (Fsp3) is 0.583. The van der Waals surface area contributed by atoms with Crippen LogP contribution in [0, 0.1) is 5.82 Å². The predicted octanol–water partition coefficient (Wildman–Crippen LogP) is 0.775. The Morgan fingerprint density at radius 1 is 1.53 bits per heavy atom. The standard InChI is InChI=1S/C12H16FN3O/c1-17-12-11(13)2-8(4-15-12)7-16-9-3-10(16)6-14-5-9/h2,4,9-10,14H,3,5-7H2,1H3. The van der Waals surface area contributed by atoms with Crippen molar-refractivity contribution in [3.63, 3.8) is 0 Å². The largest absolute Gasteiger partial charge is 0.479 e. The number of aromatic nitrogens is 1. The number of fused-ring (bicyclic) bond motifs is 2. The zero-order valence-corrected chi connectivity index (χ0v) is 9.82. The normalized spacial score (nSPS) is 27.6. The Kier molecular flexibility index (Phi) is 2.72. The number of hydrogen-bond donors (Lipinski definition) is 1. The first-order chi connectivity index (χ1) is 8.28. The van der Waals surface area contributed by atoms with Gasteiger partial charge in [-0.25, -0.2) is 9.37 Å². The number of hydrogen-bond acceptors (Lipinski definition) is 4. The van der Waals surface area contributed by atoms with Crippen LogP contribution in [0.2, 0.25) is 0 Å². The number of nitrogens with one attached hydrogen (secondary N) is 1. The highest BCUT2D eigenvalue weighted by molar-refractivity contribution is 5.21. The minimum Gasteiger partial charge on any atom is -0.479 e. The molecule has 3 heterocycles. The smallest absolute Gasteiger partial charge is 0.250 e. The summed E-state index contributed by atoms with van der Waals surface area (Å²) in [6.45, 7) is 2.87. The fourth-order valence-electron chi connectivity index (χ4n) is 2.73. The molecule has 0 aliphatic carbocycles. The van der Waals surface area contributed by atoms with E-state index >= 15 is 0 Å². The summed E-state index contributed by atoms with van der Waals surface area (Å²) in [5.74, 6) is -0.312. The Labute approximate surface area is 99.8 Å². The summed E-state index contributed by atoms with van der Waals surface area (Å²) in [5, 5.41) is 3.38. The summed E-state index contributed by atoms with van der Waals surface area (Å²) >= 11 is 0. The molecule has 3 rings (SSSR count). The van der Waals surface area contributed by atoms with Gasteiger partial charge in [0, 0.05) is 37.9 Å². The van der Waals surface area contributed by atoms with E-state index in [4.69, 9.17) is 4.74 Å². The maximum Gasteiger partial charge on any atom is 0.250 e. The third-order valence-electron chi connectivity index (χ3n) is 3.66. The van der Waals surface area contributed by atoms with E-state index in [0.29, 0.717) is 12.1 Å². The monoisotopic (exact) mass is 237 g/mol. The minimum absolute atomic E-state index is 0.0687. The maximum atomic E-state index is 13.5. The van der Waals surface area contributed by atoms with Crippen molar-refractivity contribution in [2.24, 2.45) is 0 Å². The number of halogens is 1. The molecule has 2 aliphatic rings. The Morgan fingerprint density at radius 2 is 2.29 bits per heavy atom. The van der Waals surface area contributed by atoms with Crippen LogP contribution in [0.1, 0.15) is 12.0 Å². The molecule has 2 atom stereocenters. The number of rotatable bonds is 3. The van der Waals surface area contributed by atoms with Gasteiger partial charge in [0.05, 0.1) is 7.11 Å². The maximum absolute atomic E-state index is 13.5. The second-order valence-corrected chi connectivity index (χ2v) is 4.71. The molecule has 92 valence electrons. The minimum atomic E-state index is -0.381. The molecule has 2 saturated heterocycles. The van der Waals surface area contributed by atoms with Gasteiger partial charge in [-0.3, -0.25) is 4.90 Å². The Bertz CT molecular complexity index is 412. The number of piperazine rings is 1. The van der Waals surface area contributed by atoms with Crippen LogP contribution in [-0.2, 0) is 6.54 Å². The van der Waals surface area contributed by atoms with Gasteiger partial charge in [0.1, 0.15) is 0 Å². The lowest BCUT2D eigenvalue weighted by molar-refractivity contribution is -0.0208. The highest BCUT2D eigenvalue weighted by atomic mass is 19.1. The first-order valence-corrected chi connectivity index (χ1v) is 5.93. The average Bonchev–Trinajstić information content (AvgIpc) is 2.37. The van der Waals surface area contributed by atoms with Gasteiger partial charge < -0.3 is 10.1 Å². The molecule has 2 aliphatic heterocycles. The highest BCUT2D eigenvalue weighted by Gasteiger charge is 2.40. The van der Waals surface area contributed by atoms with Crippen molar-refractivity contribution in [3.05, 3.63) is 23.6 Å². The summed E-state index contributed by atoms with van der Waals surface area (Å²) in [7, 11) is 1.43. The molecule has 0 aromatic carbocycles. The van der Waals surface area contributed by atoms with Crippen LogP contribution < -0.4 is 10.1 Å². The van der Waals surface area contributed by atoms with E-state index in [2.05, 4.69) is 15.2 Å². The number of pyridine rings is 1. The van der Waals surface area contributed by atoms with Crippen LogP contribution in [0.4, 0.5) is 4.39 Å². The van der Waals surface area contributed by atoms with Crippen LogP contribution in [0.3, 0.4) is 0 Å². The van der Waals surface area contributed by atoms with Gasteiger partial charge in [-0.05, 0) is 18.1 Å². The molecule has 2 fully saturated rings. The second kappa shape index (κ2) is 4.23. The summed E-state index contributed by atoms with van der Waals surface area (Å²) in [5.41, 5.74) is 0.917. The van der Waals surface area contributed by atoms with Gasteiger partial charge in [-0.1, -0.05) is 0 Å². The van der Waals surface area contributed by atoms with Crippen LogP contribution in [-0.4, -0.2) is 42.2 Å². The third-order valence-corrected chi connectivity index (χ3v) is 3.66. The van der Waals surface area contributed by atoms with Crippen molar-refractivity contribution < 1.29 is 9.13 Å². The van der Waals surface area contributed by atoms with Crippen LogP contribution in [0.25, 0.3) is 0 Å². The first kappa shape index (κ1) is 10.9. The third kappa shape index (κ3) is 1.89. The Morgan fingerprint density at radius 3 is 2.88 bits per heavy atom. The van der Waals surface area contributed by atoms with Crippen molar-refractivity contribution in [3.8, 4) is 5.88 Å². The van der Waals surface area contributed by atoms with E-state index in [1.807, 2.05) is 0 Å². The topological polar surface area (TPSA) is 37.4 Å². The second-order valence-electron chi connectivity index (χ2n) is 4.71. The van der Waals surface area contributed by atoms with Crippen LogP contribution in [0.5, 0.6) is 5.88 Å². The quantitative estimate of drug-likeness (QED) is 0.843. The molecular formula is C12H16FN3O. The summed E-state index contributed by atoms with van der Waals surface area (Å²) in [6.07, 6.45) is 2.96. The van der Waals surface area contributed by atoms with Crippen molar-refractivity contribution in [2.75, 3.05) is 20.2 Å². The molecule has 0 radical (unpaired) electrons. The Hall–Kier alpha value is -1.20. The molecule has 1 aromatic rings. The summed E-state index contributed by atoms with van der Waals surface area (Å²) < 4.78 is 18.3. The lowest BCUT2D eigenvalue weighted by Gasteiger charge is -2.53. The molecule has 2 unspecified atom stereocenters. The summed E-state index contributed by atoms with van der Waals surface area (Å²) in [4.78, 5) is 6.38. The fourth-order valence-corrected chi connectivity index (χ4v) is 2.73. The molecule has 2 bridgehead atoms. The average molecular weight is 237 g/mol. The van der Waals surface area contributed by atoms with Gasteiger partial charge >= 0.3 is 0 Å². The summed E-state index contributed by atoms with van der Waals surface area (Å²) in [6, 6.07) is 2.74. The SMILES string of the molecule is COc1ncc(CN2C3CNCC2C3)cc1F. The zero-order chi connectivity index (χ0) is 11.8. The molecule has 4 nitrogen and oxygen atoms in total. The van der Waals surface area contributed by atoms with Crippen LogP contribution in [0.15, 0.2) is 12.3 Å². The molecule has 1 N–H and O–H groups in total. The zero-order valence-electron chi connectivity index (χ0n) is 9.82. The van der Waals surface area contributed by atoms with Crippen molar-refractivity contribution in [2.45, 2.75) is 25.0 Å². The van der Waals surface area contributed by atoms with Gasteiger partial charge in [-0.15, -0.1) is 0 Å². The van der Waals surface area contributed by atoms with E-state index in [9.17, 15) is 4.39 Å². The molecule has 0 amide bonds. The lowest BCUT2D eigenvalue weighted by Crippen LogP contribution is -2.67. The number of ether oxygens (including phenoxy) is 1. The first-order valence-electron chi connectivity index (χ1n) is 5.93. The van der Waals surface area contributed by atoms with E-state index in [-0.39, 0.29) is 11.7 Å². The number of piperidine rings is 1. The van der Waals surface area contributed by atoms with Gasteiger partial charge in [-0.2, -0.15) is 0 Å². The van der Waals surface area contributed by atoms with E-state index in [0.717, 1.165) is 25.2 Å². The van der Waals surface area contributed by atoms with Gasteiger partial charge in [0.2, 0.25) is 5.88 Å². The predicted molar refractivity (Wildman–Crippen MR) is 61.4 cm³/mol. The number of methoxy groups -OCH3 is 1. The molecular weight excluding hydrogens is 221 g/mol. The van der Waals surface area contributed by atoms with E-state index in [1.54, 1.807) is 6.20 Å². The van der Waals surface area contributed by atoms with Crippen molar-refractivity contribution in [1.29, 1.82) is 0 Å².